The van der Waals surface area contributed by atoms with Gasteiger partial charge in [0.2, 0.25) is 5.91 Å². The second-order valence-corrected chi connectivity index (χ2v) is 7.41. The summed E-state index contributed by atoms with van der Waals surface area (Å²) in [5.41, 5.74) is 0.696. The van der Waals surface area contributed by atoms with Crippen LogP contribution in [0.1, 0.15) is 11.3 Å². The Balaban J connectivity index is 1.56. The zero-order chi connectivity index (χ0) is 16.9. The summed E-state index contributed by atoms with van der Waals surface area (Å²) in [5, 5.41) is 4.78. The quantitative estimate of drug-likeness (QED) is 0.825. The minimum Gasteiger partial charge on any atom is -0.366 e. The Morgan fingerprint density at radius 2 is 2.12 bits per heavy atom. The van der Waals surface area contributed by atoms with Crippen LogP contribution in [0.5, 0.6) is 0 Å². The number of ether oxygens (including phenoxy) is 1. The second kappa shape index (κ2) is 7.92. The first-order valence-corrected chi connectivity index (χ1v) is 9.27. The van der Waals surface area contributed by atoms with E-state index in [1.54, 1.807) is 28.4 Å². The van der Waals surface area contributed by atoms with E-state index in [9.17, 15) is 9.59 Å². The van der Waals surface area contributed by atoms with E-state index < -0.39 is 6.10 Å². The SMILES string of the molecule is O=C(C[C@H]1OCCN(Cc2cccs2)C1=O)Nc1ccc(Br)cc1. The molecule has 5 nitrogen and oxygen atoms in total. The molecule has 0 unspecified atom stereocenters. The number of anilines is 1. The van der Waals surface area contributed by atoms with E-state index in [1.807, 2.05) is 29.6 Å². The number of hydrogen-bond donors (Lipinski definition) is 1. The van der Waals surface area contributed by atoms with Gasteiger partial charge in [0.15, 0.2) is 0 Å². The van der Waals surface area contributed by atoms with Gasteiger partial charge in [-0.15, -0.1) is 11.3 Å². The summed E-state index contributed by atoms with van der Waals surface area (Å²) in [6.45, 7) is 1.58. The first kappa shape index (κ1) is 17.1. The molecule has 2 amide bonds. The number of rotatable bonds is 5. The summed E-state index contributed by atoms with van der Waals surface area (Å²) in [6, 6.07) is 11.3. The number of nitrogens with one attached hydrogen (secondary N) is 1. The van der Waals surface area contributed by atoms with Crippen molar-refractivity contribution in [2.45, 2.75) is 19.1 Å². The van der Waals surface area contributed by atoms with Crippen molar-refractivity contribution in [3.05, 3.63) is 51.1 Å². The maximum absolute atomic E-state index is 12.5. The third kappa shape index (κ3) is 4.43. The molecule has 0 aliphatic carbocycles. The lowest BCUT2D eigenvalue weighted by Crippen LogP contribution is -2.48. The number of amides is 2. The lowest BCUT2D eigenvalue weighted by molar-refractivity contribution is -0.155. The Labute approximate surface area is 152 Å². The van der Waals surface area contributed by atoms with E-state index >= 15 is 0 Å². The van der Waals surface area contributed by atoms with E-state index in [1.165, 1.54) is 0 Å². The zero-order valence-corrected chi connectivity index (χ0v) is 15.3. The van der Waals surface area contributed by atoms with Gasteiger partial charge in [0.1, 0.15) is 6.10 Å². The molecule has 1 aromatic heterocycles. The van der Waals surface area contributed by atoms with E-state index in [0.717, 1.165) is 9.35 Å². The van der Waals surface area contributed by atoms with Crippen LogP contribution in [-0.4, -0.2) is 36.0 Å². The van der Waals surface area contributed by atoms with Crippen LogP contribution < -0.4 is 5.32 Å². The molecule has 1 fully saturated rings. The van der Waals surface area contributed by atoms with Crippen LogP contribution >= 0.6 is 27.3 Å². The normalized spacial score (nSPS) is 17.8. The van der Waals surface area contributed by atoms with Crippen LogP contribution in [0, 0.1) is 0 Å². The number of nitrogens with zero attached hydrogens (tertiary/aromatic N) is 1. The Bertz CT molecular complexity index is 703. The number of thiophene rings is 1. The van der Waals surface area contributed by atoms with Gasteiger partial charge < -0.3 is 15.0 Å². The fraction of sp³-hybridized carbons (Fsp3) is 0.294. The standard InChI is InChI=1S/C17H17BrN2O3S/c18-12-3-5-13(6-4-12)19-16(21)10-15-17(22)20(7-8-23-15)11-14-2-1-9-24-14/h1-6,9,15H,7-8,10-11H2,(H,19,21)/t15-/m1/s1. The number of carbonyl (C=O) groups excluding carboxylic acids is 2. The fourth-order valence-electron chi connectivity index (χ4n) is 2.50. The van der Waals surface area contributed by atoms with E-state index in [-0.39, 0.29) is 18.2 Å². The fourth-order valence-corrected chi connectivity index (χ4v) is 3.48. The molecule has 0 spiro atoms. The summed E-state index contributed by atoms with van der Waals surface area (Å²) >= 11 is 4.97. The monoisotopic (exact) mass is 408 g/mol. The molecule has 0 saturated carbocycles. The molecule has 1 aliphatic heterocycles. The highest BCUT2D eigenvalue weighted by Crippen LogP contribution is 2.18. The largest absolute Gasteiger partial charge is 0.366 e. The number of hydrogen-bond acceptors (Lipinski definition) is 4. The van der Waals surface area contributed by atoms with Gasteiger partial charge >= 0.3 is 0 Å². The first-order chi connectivity index (χ1) is 11.6. The number of benzene rings is 1. The molecular weight excluding hydrogens is 392 g/mol. The van der Waals surface area contributed by atoms with Crippen molar-refractivity contribution in [1.82, 2.24) is 4.90 Å². The van der Waals surface area contributed by atoms with Crippen molar-refractivity contribution in [3.63, 3.8) is 0 Å². The van der Waals surface area contributed by atoms with Crippen molar-refractivity contribution in [1.29, 1.82) is 0 Å². The van der Waals surface area contributed by atoms with Crippen LogP contribution in [-0.2, 0) is 20.9 Å². The topological polar surface area (TPSA) is 58.6 Å². The van der Waals surface area contributed by atoms with Gasteiger partial charge in [-0.2, -0.15) is 0 Å². The van der Waals surface area contributed by atoms with E-state index in [0.29, 0.717) is 25.4 Å². The lowest BCUT2D eigenvalue weighted by Gasteiger charge is -2.32. The Morgan fingerprint density at radius 1 is 1.33 bits per heavy atom. The zero-order valence-electron chi connectivity index (χ0n) is 12.9. The molecule has 7 heteroatoms. The minimum atomic E-state index is -0.714. The highest BCUT2D eigenvalue weighted by molar-refractivity contribution is 9.10. The third-order valence-electron chi connectivity index (χ3n) is 3.69. The van der Waals surface area contributed by atoms with Gasteiger partial charge in [0.25, 0.3) is 5.91 Å². The summed E-state index contributed by atoms with van der Waals surface area (Å²) in [7, 11) is 0. The van der Waals surface area contributed by atoms with Gasteiger partial charge in [-0.25, -0.2) is 0 Å². The number of morpholine rings is 1. The van der Waals surface area contributed by atoms with Gasteiger partial charge in [-0.1, -0.05) is 22.0 Å². The van der Waals surface area contributed by atoms with Crippen LogP contribution in [0.3, 0.4) is 0 Å². The first-order valence-electron chi connectivity index (χ1n) is 7.60. The van der Waals surface area contributed by atoms with Gasteiger partial charge in [0.05, 0.1) is 19.6 Å². The molecule has 1 aliphatic rings. The molecule has 24 heavy (non-hydrogen) atoms. The Hall–Kier alpha value is -1.70. The molecule has 2 aromatic rings. The van der Waals surface area contributed by atoms with Crippen molar-refractivity contribution in [2.75, 3.05) is 18.5 Å². The maximum atomic E-state index is 12.5. The van der Waals surface area contributed by atoms with Crippen LogP contribution in [0.25, 0.3) is 0 Å². The molecule has 126 valence electrons. The molecule has 3 rings (SSSR count). The third-order valence-corrected chi connectivity index (χ3v) is 5.08. The lowest BCUT2D eigenvalue weighted by atomic mass is 10.1. The van der Waals surface area contributed by atoms with Crippen molar-refractivity contribution in [2.24, 2.45) is 0 Å². The average molecular weight is 409 g/mol. The average Bonchev–Trinajstić information content (AvgIpc) is 3.06. The summed E-state index contributed by atoms with van der Waals surface area (Å²) in [5.74, 6) is -0.353. The highest BCUT2D eigenvalue weighted by atomic mass is 79.9. The molecule has 1 N–H and O–H groups in total. The van der Waals surface area contributed by atoms with Crippen LogP contribution in [0.15, 0.2) is 46.3 Å². The molecule has 1 saturated heterocycles. The predicted octanol–water partition coefficient (Wildman–Crippen LogP) is 3.27. The number of halogens is 1. The van der Waals surface area contributed by atoms with Gasteiger partial charge in [0, 0.05) is 21.6 Å². The summed E-state index contributed by atoms with van der Waals surface area (Å²) < 4.78 is 6.45. The number of carbonyl (C=O) groups is 2. The molecule has 1 aromatic carbocycles. The van der Waals surface area contributed by atoms with Crippen LogP contribution in [0.4, 0.5) is 5.69 Å². The van der Waals surface area contributed by atoms with Crippen molar-refractivity contribution in [3.8, 4) is 0 Å². The van der Waals surface area contributed by atoms with E-state index in [4.69, 9.17) is 4.74 Å². The Morgan fingerprint density at radius 3 is 2.83 bits per heavy atom. The molecule has 0 bridgehead atoms. The smallest absolute Gasteiger partial charge is 0.252 e. The van der Waals surface area contributed by atoms with E-state index in [2.05, 4.69) is 21.2 Å². The summed E-state index contributed by atoms with van der Waals surface area (Å²) in [6.07, 6.45) is -0.690. The van der Waals surface area contributed by atoms with Crippen LogP contribution in [0.2, 0.25) is 0 Å². The summed E-state index contributed by atoms with van der Waals surface area (Å²) in [4.78, 5) is 27.6. The predicted molar refractivity (Wildman–Crippen MR) is 96.9 cm³/mol. The van der Waals surface area contributed by atoms with Crippen molar-refractivity contribution < 1.29 is 14.3 Å². The highest BCUT2D eigenvalue weighted by Gasteiger charge is 2.31. The molecule has 0 radical (unpaired) electrons. The van der Waals surface area contributed by atoms with Gasteiger partial charge in [-0.05, 0) is 35.7 Å². The maximum Gasteiger partial charge on any atom is 0.252 e. The Kier molecular flexibility index (Phi) is 5.65. The molecule has 1 atom stereocenters. The minimum absolute atomic E-state index is 0.0236. The van der Waals surface area contributed by atoms with Crippen molar-refractivity contribution >= 4 is 44.8 Å². The second-order valence-electron chi connectivity index (χ2n) is 5.46. The van der Waals surface area contributed by atoms with Gasteiger partial charge in [-0.3, -0.25) is 9.59 Å². The molecular formula is C17H17BrN2O3S. The molecule has 2 heterocycles.